The van der Waals surface area contributed by atoms with Crippen molar-refractivity contribution in [3.63, 3.8) is 0 Å². The summed E-state index contributed by atoms with van der Waals surface area (Å²) in [5, 5.41) is 34.0. The van der Waals surface area contributed by atoms with Gasteiger partial charge in [-0.2, -0.15) is 8.42 Å². The SMILES string of the molecule is CCC1OC(=O)CC(O)C(C)C(OC2OC(C)C(O)C(N(C)C)C2O)C(CCN2CCCCC2)CC(C)C(=O)/C=C/C(C)=C/C1COS(C)(=O)=O. The highest BCUT2D eigenvalue weighted by Gasteiger charge is 2.47. The lowest BCUT2D eigenvalue weighted by molar-refractivity contribution is -0.304. The zero-order valence-corrected chi connectivity index (χ0v) is 32.7. The normalized spacial score (nSPS) is 38.9. The molecule has 0 bridgehead atoms. The molecule has 0 saturated carbocycles. The number of likely N-dealkylation sites (tertiary alicyclic amines) is 1. The summed E-state index contributed by atoms with van der Waals surface area (Å²) < 4.78 is 47.4. The van der Waals surface area contributed by atoms with E-state index in [0.29, 0.717) is 24.8 Å². The number of carbonyl (C=O) groups is 2. The number of aliphatic hydroxyl groups is 3. The molecule has 0 amide bonds. The maximum absolute atomic E-state index is 13.6. The second-order valence-electron chi connectivity index (χ2n) is 15.2. The van der Waals surface area contributed by atoms with Crippen LogP contribution in [0.15, 0.2) is 23.8 Å². The zero-order valence-electron chi connectivity index (χ0n) is 31.8. The average molecular weight is 745 g/mol. The first-order valence-electron chi connectivity index (χ1n) is 18.6. The van der Waals surface area contributed by atoms with Gasteiger partial charge in [-0.1, -0.05) is 44.9 Å². The number of aliphatic hydroxyl groups excluding tert-OH is 3. The van der Waals surface area contributed by atoms with E-state index in [1.807, 2.05) is 6.92 Å². The lowest BCUT2D eigenvalue weighted by Crippen LogP contribution is -2.63. The Hall–Kier alpha value is -1.75. The molecule has 0 aliphatic carbocycles. The van der Waals surface area contributed by atoms with Crippen molar-refractivity contribution < 1.29 is 51.7 Å². The van der Waals surface area contributed by atoms with Crippen molar-refractivity contribution in [1.82, 2.24) is 9.80 Å². The van der Waals surface area contributed by atoms with Gasteiger partial charge in [-0.15, -0.1) is 0 Å². The van der Waals surface area contributed by atoms with E-state index < -0.39 is 82.8 Å². The molecule has 13 nitrogen and oxygen atoms in total. The van der Waals surface area contributed by atoms with Gasteiger partial charge in [0.15, 0.2) is 12.1 Å². The van der Waals surface area contributed by atoms with Gasteiger partial charge >= 0.3 is 5.97 Å². The van der Waals surface area contributed by atoms with Gasteiger partial charge in [-0.3, -0.25) is 13.8 Å². The maximum Gasteiger partial charge on any atom is 0.308 e. The molecule has 12 unspecified atom stereocenters. The quantitative estimate of drug-likeness (QED) is 0.221. The van der Waals surface area contributed by atoms with Crippen LogP contribution < -0.4 is 0 Å². The summed E-state index contributed by atoms with van der Waals surface area (Å²) in [5.41, 5.74) is 0.672. The minimum atomic E-state index is -3.79. The van der Waals surface area contributed by atoms with Gasteiger partial charge in [0.1, 0.15) is 12.2 Å². The van der Waals surface area contributed by atoms with Crippen LogP contribution in [-0.2, 0) is 38.1 Å². The third-order valence-corrected chi connectivity index (χ3v) is 11.3. The van der Waals surface area contributed by atoms with E-state index >= 15 is 0 Å². The highest BCUT2D eigenvalue weighted by atomic mass is 32.2. The van der Waals surface area contributed by atoms with Gasteiger partial charge < -0.3 is 39.3 Å². The Labute approximate surface area is 305 Å². The summed E-state index contributed by atoms with van der Waals surface area (Å²) in [6.45, 7) is 11.4. The maximum atomic E-state index is 13.6. The first kappa shape index (κ1) is 43.7. The lowest BCUT2D eigenvalue weighted by atomic mass is 9.79. The summed E-state index contributed by atoms with van der Waals surface area (Å²) in [5.74, 6) is -2.79. The molecular formula is C37H64N2O11S. The number of hydrogen-bond acceptors (Lipinski definition) is 13. The van der Waals surface area contributed by atoms with Crippen LogP contribution in [0.5, 0.6) is 0 Å². The van der Waals surface area contributed by atoms with E-state index in [4.69, 9.17) is 18.4 Å². The van der Waals surface area contributed by atoms with E-state index in [1.165, 1.54) is 12.5 Å². The van der Waals surface area contributed by atoms with Crippen molar-refractivity contribution in [3.05, 3.63) is 23.8 Å². The van der Waals surface area contributed by atoms with Gasteiger partial charge in [0.25, 0.3) is 10.1 Å². The number of likely N-dealkylation sites (N-methyl/N-ethyl adjacent to an activating group) is 1. The second-order valence-corrected chi connectivity index (χ2v) is 16.8. The summed E-state index contributed by atoms with van der Waals surface area (Å²) in [4.78, 5) is 31.2. The van der Waals surface area contributed by atoms with Crippen LogP contribution in [0.4, 0.5) is 0 Å². The third kappa shape index (κ3) is 13.3. The predicted molar refractivity (Wildman–Crippen MR) is 193 cm³/mol. The summed E-state index contributed by atoms with van der Waals surface area (Å²) >= 11 is 0. The van der Waals surface area contributed by atoms with Crippen molar-refractivity contribution in [1.29, 1.82) is 0 Å². The Morgan fingerprint density at radius 2 is 1.69 bits per heavy atom. The van der Waals surface area contributed by atoms with Crippen LogP contribution >= 0.6 is 0 Å². The number of ether oxygens (including phenoxy) is 3. The van der Waals surface area contributed by atoms with Crippen molar-refractivity contribution in [2.24, 2.45) is 23.7 Å². The van der Waals surface area contributed by atoms with E-state index in [0.717, 1.165) is 38.7 Å². The van der Waals surface area contributed by atoms with Gasteiger partial charge in [0.05, 0.1) is 49.7 Å². The van der Waals surface area contributed by atoms with Crippen LogP contribution in [-0.4, -0.2) is 141 Å². The topological polar surface area (TPSA) is 172 Å². The Kier molecular flexibility index (Phi) is 17.2. The molecule has 3 aliphatic rings. The number of nitrogens with zero attached hydrogens (tertiary/aromatic N) is 2. The Morgan fingerprint density at radius 3 is 2.29 bits per heavy atom. The molecular weight excluding hydrogens is 680 g/mol. The van der Waals surface area contributed by atoms with Crippen molar-refractivity contribution in [2.45, 2.75) is 129 Å². The minimum absolute atomic E-state index is 0.106. The predicted octanol–water partition coefficient (Wildman–Crippen LogP) is 2.67. The number of ketones is 1. The van der Waals surface area contributed by atoms with Crippen LogP contribution in [0.3, 0.4) is 0 Å². The van der Waals surface area contributed by atoms with Crippen molar-refractivity contribution in [3.8, 4) is 0 Å². The Balaban J connectivity index is 2.04. The number of rotatable bonds is 10. The Bertz CT molecular complexity index is 1280. The first-order chi connectivity index (χ1) is 23.9. The third-order valence-electron chi connectivity index (χ3n) is 10.7. The average Bonchev–Trinajstić information content (AvgIpc) is 3.06. The van der Waals surface area contributed by atoms with Crippen LogP contribution in [0.2, 0.25) is 0 Å². The largest absolute Gasteiger partial charge is 0.462 e. The molecule has 3 rings (SSSR count). The zero-order chi connectivity index (χ0) is 38.0. The molecule has 14 heteroatoms. The second kappa shape index (κ2) is 20.1. The molecule has 3 aliphatic heterocycles. The van der Waals surface area contributed by atoms with E-state index in [2.05, 4.69) is 4.90 Å². The van der Waals surface area contributed by atoms with Gasteiger partial charge in [-0.05, 0) is 91.7 Å². The van der Waals surface area contributed by atoms with E-state index in [9.17, 15) is 33.3 Å². The van der Waals surface area contributed by atoms with E-state index in [-0.39, 0.29) is 24.7 Å². The van der Waals surface area contributed by atoms with Gasteiger partial charge in [-0.25, -0.2) is 0 Å². The summed E-state index contributed by atoms with van der Waals surface area (Å²) in [6, 6.07) is -0.681. The molecule has 0 aromatic rings. The standard InChI is InChI=1S/C37H64N2O11S/c1-9-31-28(22-47-51(8,45)46)19-23(2)13-14-29(40)24(3)20-27(15-18-39-16-11-10-12-17-39)36(25(4)30(41)21-32(42)49-31)50-37-35(44)33(38(6)7)34(43)26(5)48-37/h13-14,19,24-28,30-31,33-37,41,43-44H,9-12,15-18,20-22H2,1-8H3/b14-13+,23-19+. The summed E-state index contributed by atoms with van der Waals surface area (Å²) in [7, 11) is -0.264. The molecule has 51 heavy (non-hydrogen) atoms. The van der Waals surface area contributed by atoms with Gasteiger partial charge in [0, 0.05) is 17.8 Å². The van der Waals surface area contributed by atoms with Crippen LogP contribution in [0.25, 0.3) is 0 Å². The minimum Gasteiger partial charge on any atom is -0.462 e. The number of piperidine rings is 1. The molecule has 2 fully saturated rings. The van der Waals surface area contributed by atoms with Crippen LogP contribution in [0.1, 0.15) is 79.6 Å². The molecule has 0 spiro atoms. The van der Waals surface area contributed by atoms with E-state index in [1.54, 1.807) is 58.8 Å². The highest BCUT2D eigenvalue weighted by Crippen LogP contribution is 2.35. The molecule has 3 heterocycles. The number of allylic oxidation sites excluding steroid dienone is 3. The van der Waals surface area contributed by atoms with Gasteiger partial charge in [0.2, 0.25) is 0 Å². The number of cyclic esters (lactones) is 1. The number of hydrogen-bond donors (Lipinski definition) is 3. The molecule has 12 atom stereocenters. The fraction of sp³-hybridized carbons (Fsp3) is 0.838. The molecule has 3 N–H and O–H groups in total. The molecule has 2 saturated heterocycles. The summed E-state index contributed by atoms with van der Waals surface area (Å²) in [6.07, 6.45) is 3.57. The van der Waals surface area contributed by atoms with Crippen LogP contribution in [0, 0.1) is 23.7 Å². The fourth-order valence-electron chi connectivity index (χ4n) is 7.58. The lowest BCUT2D eigenvalue weighted by Gasteiger charge is -2.47. The monoisotopic (exact) mass is 744 g/mol. The number of carbonyl (C=O) groups excluding carboxylic acids is 2. The van der Waals surface area contributed by atoms with Crippen molar-refractivity contribution >= 4 is 21.9 Å². The molecule has 294 valence electrons. The number of esters is 1. The highest BCUT2D eigenvalue weighted by molar-refractivity contribution is 7.85. The van der Waals surface area contributed by atoms with Crippen molar-refractivity contribution in [2.75, 3.05) is 46.6 Å². The molecule has 0 radical (unpaired) electrons. The molecule has 0 aromatic carbocycles. The smallest absolute Gasteiger partial charge is 0.308 e. The fourth-order valence-corrected chi connectivity index (χ4v) is 7.98. The Morgan fingerprint density at radius 1 is 1.02 bits per heavy atom. The molecule has 0 aromatic heterocycles. The first-order valence-corrected chi connectivity index (χ1v) is 20.4.